The average molecular weight is 349 g/mol. The maximum atomic E-state index is 12.1. The van der Waals surface area contributed by atoms with Gasteiger partial charge in [-0.05, 0) is 47.3 Å². The molecule has 0 saturated carbocycles. The van der Waals surface area contributed by atoms with Gasteiger partial charge in [0.15, 0.2) is 11.5 Å². The van der Waals surface area contributed by atoms with E-state index in [0.717, 1.165) is 40.6 Å². The van der Waals surface area contributed by atoms with E-state index in [0.29, 0.717) is 30.5 Å². The number of nitrogens with zero attached hydrogens (tertiary/aromatic N) is 1. The van der Waals surface area contributed by atoms with Crippen LogP contribution >= 0.6 is 15.9 Å². The Morgan fingerprint density at radius 2 is 2.05 bits per heavy atom. The maximum absolute atomic E-state index is 12.1. The summed E-state index contributed by atoms with van der Waals surface area (Å²) < 4.78 is 12.0. The summed E-state index contributed by atoms with van der Waals surface area (Å²) >= 11 is 3.49. The van der Waals surface area contributed by atoms with Gasteiger partial charge in [-0.1, -0.05) is 0 Å². The highest BCUT2D eigenvalue weighted by Gasteiger charge is 2.20. The first kappa shape index (κ1) is 12.9. The lowest BCUT2D eigenvalue weighted by atomic mass is 10.1. The molecule has 1 aromatic heterocycles. The highest BCUT2D eigenvalue weighted by molar-refractivity contribution is 9.10. The van der Waals surface area contributed by atoms with Crippen LogP contribution in [0.3, 0.4) is 0 Å². The molecule has 1 N–H and O–H groups in total. The van der Waals surface area contributed by atoms with Gasteiger partial charge in [0.2, 0.25) is 0 Å². The van der Waals surface area contributed by atoms with Crippen LogP contribution in [-0.4, -0.2) is 23.2 Å². The molecular formula is C15H13BrN2O3. The van der Waals surface area contributed by atoms with E-state index in [1.165, 1.54) is 0 Å². The van der Waals surface area contributed by atoms with Crippen LogP contribution in [0.1, 0.15) is 17.7 Å². The molecule has 0 amide bonds. The highest BCUT2D eigenvalue weighted by Crippen LogP contribution is 2.40. The van der Waals surface area contributed by atoms with E-state index in [-0.39, 0.29) is 5.56 Å². The zero-order chi connectivity index (χ0) is 14.4. The second-order valence-electron chi connectivity index (χ2n) is 5.18. The molecular weight excluding hydrogens is 336 g/mol. The van der Waals surface area contributed by atoms with Crippen molar-refractivity contribution in [2.24, 2.45) is 0 Å². The smallest absolute Gasteiger partial charge is 0.254 e. The minimum Gasteiger partial charge on any atom is -0.486 e. The summed E-state index contributed by atoms with van der Waals surface area (Å²) in [5.41, 5.74) is 2.53. The van der Waals surface area contributed by atoms with Crippen molar-refractivity contribution in [3.8, 4) is 22.9 Å². The van der Waals surface area contributed by atoms with Crippen LogP contribution in [0.2, 0.25) is 0 Å². The van der Waals surface area contributed by atoms with E-state index in [4.69, 9.17) is 9.47 Å². The summed E-state index contributed by atoms with van der Waals surface area (Å²) in [6.45, 7) is 1.07. The number of benzene rings is 1. The molecule has 2 heterocycles. The molecule has 0 atom stereocenters. The first-order valence-electron chi connectivity index (χ1n) is 6.94. The SMILES string of the molecule is O=c1[nH]c(-c2cc(Br)c3c(c2)OCCO3)nc2c1CCC2. The van der Waals surface area contributed by atoms with Gasteiger partial charge in [0.05, 0.1) is 10.2 Å². The second kappa shape index (κ2) is 4.87. The Morgan fingerprint density at radius 3 is 2.95 bits per heavy atom. The lowest BCUT2D eigenvalue weighted by molar-refractivity contribution is 0.170. The van der Waals surface area contributed by atoms with Crippen LogP contribution in [0.25, 0.3) is 11.4 Å². The first-order valence-corrected chi connectivity index (χ1v) is 7.73. The lowest BCUT2D eigenvalue weighted by Crippen LogP contribution is -2.17. The van der Waals surface area contributed by atoms with Crippen LogP contribution in [0.5, 0.6) is 11.5 Å². The van der Waals surface area contributed by atoms with E-state index in [2.05, 4.69) is 25.9 Å². The zero-order valence-electron chi connectivity index (χ0n) is 11.2. The van der Waals surface area contributed by atoms with Crippen LogP contribution in [0, 0.1) is 0 Å². The molecule has 0 saturated heterocycles. The van der Waals surface area contributed by atoms with Gasteiger partial charge in [-0.15, -0.1) is 0 Å². The lowest BCUT2D eigenvalue weighted by Gasteiger charge is -2.20. The Morgan fingerprint density at radius 1 is 1.19 bits per heavy atom. The minimum absolute atomic E-state index is 0.0292. The van der Waals surface area contributed by atoms with Crippen LogP contribution in [-0.2, 0) is 12.8 Å². The highest BCUT2D eigenvalue weighted by atomic mass is 79.9. The third kappa shape index (κ3) is 2.14. The normalized spacial score (nSPS) is 15.9. The maximum Gasteiger partial charge on any atom is 0.254 e. The quantitative estimate of drug-likeness (QED) is 0.859. The predicted octanol–water partition coefficient (Wildman–Crippen LogP) is 2.46. The van der Waals surface area contributed by atoms with Gasteiger partial charge >= 0.3 is 0 Å². The standard InChI is InChI=1S/C15H13BrN2O3/c16-10-6-8(7-12-13(10)21-5-4-20-12)14-17-11-3-1-2-9(11)15(19)18-14/h6-7H,1-5H2,(H,17,18,19). The van der Waals surface area contributed by atoms with Crippen molar-refractivity contribution in [1.29, 1.82) is 0 Å². The van der Waals surface area contributed by atoms with E-state index in [1.807, 2.05) is 12.1 Å². The van der Waals surface area contributed by atoms with E-state index in [9.17, 15) is 4.79 Å². The predicted molar refractivity (Wildman–Crippen MR) is 81.0 cm³/mol. The van der Waals surface area contributed by atoms with Gasteiger partial charge < -0.3 is 14.5 Å². The van der Waals surface area contributed by atoms with Gasteiger partial charge in [-0.3, -0.25) is 4.79 Å². The van der Waals surface area contributed by atoms with Crippen molar-refractivity contribution < 1.29 is 9.47 Å². The number of hydrogen-bond donors (Lipinski definition) is 1. The fourth-order valence-electron chi connectivity index (χ4n) is 2.83. The number of fused-ring (bicyclic) bond motifs is 2. The molecule has 6 heteroatoms. The largest absolute Gasteiger partial charge is 0.486 e. The number of aromatic amines is 1. The van der Waals surface area contributed by atoms with Crippen molar-refractivity contribution in [1.82, 2.24) is 9.97 Å². The number of ether oxygens (including phenoxy) is 2. The summed E-state index contributed by atoms with van der Waals surface area (Å²) in [6, 6.07) is 3.76. The number of rotatable bonds is 1. The fourth-order valence-corrected chi connectivity index (χ4v) is 3.38. The van der Waals surface area contributed by atoms with Crippen LogP contribution in [0.4, 0.5) is 0 Å². The van der Waals surface area contributed by atoms with E-state index < -0.39 is 0 Å². The number of H-pyrrole nitrogens is 1. The molecule has 108 valence electrons. The number of aromatic nitrogens is 2. The Labute approximate surface area is 129 Å². The topological polar surface area (TPSA) is 64.2 Å². The number of aryl methyl sites for hydroxylation is 1. The Balaban J connectivity index is 1.86. The van der Waals surface area contributed by atoms with Crippen molar-refractivity contribution in [2.45, 2.75) is 19.3 Å². The zero-order valence-corrected chi connectivity index (χ0v) is 12.8. The van der Waals surface area contributed by atoms with Gasteiger partial charge in [-0.25, -0.2) is 4.98 Å². The van der Waals surface area contributed by atoms with Gasteiger partial charge in [-0.2, -0.15) is 0 Å². The molecule has 1 aromatic carbocycles. The van der Waals surface area contributed by atoms with Crippen molar-refractivity contribution in [3.05, 3.63) is 38.2 Å². The molecule has 0 spiro atoms. The third-order valence-electron chi connectivity index (χ3n) is 3.81. The summed E-state index contributed by atoms with van der Waals surface area (Å²) in [5.74, 6) is 1.96. The molecule has 0 bridgehead atoms. The molecule has 2 aliphatic rings. The molecule has 0 unspecified atom stereocenters. The van der Waals surface area contributed by atoms with Gasteiger partial charge in [0.1, 0.15) is 19.0 Å². The van der Waals surface area contributed by atoms with Crippen molar-refractivity contribution in [3.63, 3.8) is 0 Å². The Bertz CT molecular complexity index is 785. The molecule has 0 radical (unpaired) electrons. The van der Waals surface area contributed by atoms with E-state index >= 15 is 0 Å². The monoisotopic (exact) mass is 348 g/mol. The number of halogens is 1. The minimum atomic E-state index is -0.0292. The number of hydrogen-bond acceptors (Lipinski definition) is 4. The van der Waals surface area contributed by atoms with Crippen LogP contribution < -0.4 is 15.0 Å². The molecule has 0 fully saturated rings. The molecule has 4 rings (SSSR count). The summed E-state index contributed by atoms with van der Waals surface area (Å²) in [7, 11) is 0. The van der Waals surface area contributed by atoms with Crippen LogP contribution in [0.15, 0.2) is 21.4 Å². The Hall–Kier alpha value is -1.82. The van der Waals surface area contributed by atoms with Crippen molar-refractivity contribution in [2.75, 3.05) is 13.2 Å². The van der Waals surface area contributed by atoms with Crippen molar-refractivity contribution >= 4 is 15.9 Å². The molecule has 1 aliphatic carbocycles. The van der Waals surface area contributed by atoms with Gasteiger partial charge in [0, 0.05) is 11.1 Å². The molecule has 21 heavy (non-hydrogen) atoms. The Kier molecular flexibility index (Phi) is 2.99. The molecule has 2 aromatic rings. The van der Waals surface area contributed by atoms with E-state index in [1.54, 1.807) is 0 Å². The molecule has 1 aliphatic heterocycles. The van der Waals surface area contributed by atoms with Gasteiger partial charge in [0.25, 0.3) is 5.56 Å². The fraction of sp³-hybridized carbons (Fsp3) is 0.333. The summed E-state index contributed by atoms with van der Waals surface area (Å²) in [4.78, 5) is 19.6. The first-order chi connectivity index (χ1) is 10.2. The average Bonchev–Trinajstić information content (AvgIpc) is 2.96. The molecule has 5 nitrogen and oxygen atoms in total. The number of nitrogens with one attached hydrogen (secondary N) is 1. The third-order valence-corrected chi connectivity index (χ3v) is 4.40. The second-order valence-corrected chi connectivity index (χ2v) is 6.03. The summed E-state index contributed by atoms with van der Waals surface area (Å²) in [6.07, 6.45) is 2.69. The summed E-state index contributed by atoms with van der Waals surface area (Å²) in [5, 5.41) is 0.